The quantitative estimate of drug-likeness (QED) is 0.870. The lowest BCUT2D eigenvalue weighted by atomic mass is 10.1. The number of hydrogen-bond acceptors (Lipinski definition) is 4. The Bertz CT molecular complexity index is 822. The van der Waals surface area contributed by atoms with Crippen LogP contribution in [0.25, 0.3) is 0 Å². The third-order valence-corrected chi connectivity index (χ3v) is 4.80. The first-order valence-corrected chi connectivity index (χ1v) is 8.97. The standard InChI is InChI=1S/C21H24N2O4/c1-14-8-9-17(10-15(14)2)22-20(25)19-11-18(24)12-23(19)21(26)27-13-16-6-4-3-5-7-16/h3-10,18-19,24H,11-13H2,1-2H3,(H,22,25)/t18-,19+/m0/s1. The Hall–Kier alpha value is -2.86. The lowest BCUT2D eigenvalue weighted by Gasteiger charge is -2.23. The molecule has 1 fully saturated rings. The van der Waals surface area contributed by atoms with Crippen LogP contribution in [0.4, 0.5) is 10.5 Å². The molecule has 2 aromatic carbocycles. The van der Waals surface area contributed by atoms with Crippen LogP contribution in [0.2, 0.25) is 0 Å². The third-order valence-electron chi connectivity index (χ3n) is 4.80. The number of aliphatic hydroxyl groups excluding tert-OH is 1. The average molecular weight is 368 g/mol. The molecule has 0 radical (unpaired) electrons. The Morgan fingerprint density at radius 3 is 2.59 bits per heavy atom. The Balaban J connectivity index is 1.64. The van der Waals surface area contributed by atoms with Crippen molar-refractivity contribution in [1.82, 2.24) is 4.90 Å². The third kappa shape index (κ3) is 4.65. The van der Waals surface area contributed by atoms with Crippen molar-refractivity contribution in [2.45, 2.75) is 39.0 Å². The number of anilines is 1. The summed E-state index contributed by atoms with van der Waals surface area (Å²) in [5, 5.41) is 12.8. The zero-order chi connectivity index (χ0) is 19.4. The minimum absolute atomic E-state index is 0.0820. The highest BCUT2D eigenvalue weighted by Gasteiger charge is 2.39. The number of amides is 2. The van der Waals surface area contributed by atoms with E-state index in [2.05, 4.69) is 5.32 Å². The van der Waals surface area contributed by atoms with Crippen molar-refractivity contribution in [3.05, 3.63) is 65.2 Å². The summed E-state index contributed by atoms with van der Waals surface area (Å²) in [5.74, 6) is -0.327. The number of nitrogens with zero attached hydrogens (tertiary/aromatic N) is 1. The molecule has 6 heteroatoms. The summed E-state index contributed by atoms with van der Waals surface area (Å²) < 4.78 is 5.32. The van der Waals surface area contributed by atoms with Gasteiger partial charge in [0.1, 0.15) is 12.6 Å². The van der Waals surface area contributed by atoms with Crippen LogP contribution in [-0.4, -0.2) is 40.7 Å². The average Bonchev–Trinajstić information content (AvgIpc) is 3.06. The van der Waals surface area contributed by atoms with Crippen molar-refractivity contribution in [3.63, 3.8) is 0 Å². The summed E-state index contributed by atoms with van der Waals surface area (Å²) >= 11 is 0. The van der Waals surface area contributed by atoms with Crippen molar-refractivity contribution in [3.8, 4) is 0 Å². The molecule has 0 aromatic heterocycles. The number of carbonyl (C=O) groups excluding carboxylic acids is 2. The molecule has 1 aliphatic rings. The van der Waals surface area contributed by atoms with E-state index in [-0.39, 0.29) is 25.5 Å². The number of β-amino-alcohol motifs (C(OH)–C–C–N with tert-alkyl or cyclic N) is 1. The normalized spacial score (nSPS) is 19.0. The fourth-order valence-electron chi connectivity index (χ4n) is 3.11. The Labute approximate surface area is 158 Å². The molecule has 1 saturated heterocycles. The molecule has 27 heavy (non-hydrogen) atoms. The van der Waals surface area contributed by atoms with Crippen molar-refractivity contribution in [1.29, 1.82) is 0 Å². The molecule has 1 heterocycles. The van der Waals surface area contributed by atoms with E-state index in [1.54, 1.807) is 0 Å². The van der Waals surface area contributed by atoms with E-state index in [1.807, 2.05) is 62.4 Å². The van der Waals surface area contributed by atoms with E-state index >= 15 is 0 Å². The molecule has 0 saturated carbocycles. The number of ether oxygens (including phenoxy) is 1. The van der Waals surface area contributed by atoms with Crippen LogP contribution in [0.15, 0.2) is 48.5 Å². The van der Waals surface area contributed by atoms with Gasteiger partial charge >= 0.3 is 6.09 Å². The van der Waals surface area contributed by atoms with Gasteiger partial charge in [-0.3, -0.25) is 9.69 Å². The molecule has 2 N–H and O–H groups in total. The lowest BCUT2D eigenvalue weighted by Crippen LogP contribution is -2.43. The molecule has 2 amide bonds. The second-order valence-electron chi connectivity index (χ2n) is 6.89. The van der Waals surface area contributed by atoms with Crippen LogP contribution in [0.5, 0.6) is 0 Å². The minimum Gasteiger partial charge on any atom is -0.445 e. The molecular formula is C21H24N2O4. The van der Waals surface area contributed by atoms with Gasteiger partial charge in [-0.1, -0.05) is 36.4 Å². The van der Waals surface area contributed by atoms with Crippen LogP contribution in [0, 0.1) is 13.8 Å². The first kappa shape index (κ1) is 18.9. The Kier molecular flexibility index (Phi) is 5.76. The molecule has 0 spiro atoms. The minimum atomic E-state index is -0.759. The molecule has 142 valence electrons. The molecule has 0 bridgehead atoms. The number of aliphatic hydroxyl groups is 1. The summed E-state index contributed by atoms with van der Waals surface area (Å²) in [6, 6.07) is 14.2. The predicted octanol–water partition coefficient (Wildman–Crippen LogP) is 3.01. The smallest absolute Gasteiger partial charge is 0.410 e. The monoisotopic (exact) mass is 368 g/mol. The SMILES string of the molecule is Cc1ccc(NC(=O)[C@H]2C[C@H](O)CN2C(=O)OCc2ccccc2)cc1C. The molecule has 2 aromatic rings. The largest absolute Gasteiger partial charge is 0.445 e. The van der Waals surface area contributed by atoms with E-state index < -0.39 is 18.2 Å². The van der Waals surface area contributed by atoms with Gasteiger partial charge < -0.3 is 15.2 Å². The summed E-state index contributed by atoms with van der Waals surface area (Å²) in [6.07, 6.45) is -1.16. The molecule has 0 unspecified atom stereocenters. The highest BCUT2D eigenvalue weighted by atomic mass is 16.6. The van der Waals surface area contributed by atoms with E-state index in [0.29, 0.717) is 5.69 Å². The van der Waals surface area contributed by atoms with Crippen LogP contribution in [-0.2, 0) is 16.1 Å². The number of likely N-dealkylation sites (tertiary alicyclic amines) is 1. The first-order valence-electron chi connectivity index (χ1n) is 8.97. The Morgan fingerprint density at radius 2 is 1.89 bits per heavy atom. The highest BCUT2D eigenvalue weighted by Crippen LogP contribution is 2.22. The van der Waals surface area contributed by atoms with Gasteiger partial charge in [0.25, 0.3) is 0 Å². The summed E-state index contributed by atoms with van der Waals surface area (Å²) in [4.78, 5) is 26.4. The van der Waals surface area contributed by atoms with Gasteiger partial charge in [0.05, 0.1) is 12.6 Å². The van der Waals surface area contributed by atoms with Crippen LogP contribution in [0.1, 0.15) is 23.1 Å². The van der Waals surface area contributed by atoms with Gasteiger partial charge in [-0.2, -0.15) is 0 Å². The van der Waals surface area contributed by atoms with Crippen LogP contribution >= 0.6 is 0 Å². The molecule has 0 aliphatic carbocycles. The highest BCUT2D eigenvalue weighted by molar-refractivity contribution is 5.97. The van der Waals surface area contributed by atoms with E-state index in [9.17, 15) is 14.7 Å². The maximum absolute atomic E-state index is 12.7. The summed E-state index contributed by atoms with van der Waals surface area (Å²) in [6.45, 7) is 4.17. The molecule has 1 aliphatic heterocycles. The number of benzene rings is 2. The van der Waals surface area contributed by atoms with E-state index in [4.69, 9.17) is 4.74 Å². The first-order chi connectivity index (χ1) is 12.9. The van der Waals surface area contributed by atoms with Crippen LogP contribution < -0.4 is 5.32 Å². The predicted molar refractivity (Wildman–Crippen MR) is 102 cm³/mol. The van der Waals surface area contributed by atoms with Crippen molar-refractivity contribution in [2.24, 2.45) is 0 Å². The summed E-state index contributed by atoms with van der Waals surface area (Å²) in [7, 11) is 0. The zero-order valence-corrected chi connectivity index (χ0v) is 15.5. The van der Waals surface area contributed by atoms with E-state index in [0.717, 1.165) is 16.7 Å². The van der Waals surface area contributed by atoms with Crippen molar-refractivity contribution >= 4 is 17.7 Å². The number of hydrogen-bond donors (Lipinski definition) is 2. The number of rotatable bonds is 4. The maximum atomic E-state index is 12.7. The van der Waals surface area contributed by atoms with Crippen molar-refractivity contribution in [2.75, 3.05) is 11.9 Å². The van der Waals surface area contributed by atoms with Gasteiger partial charge in [-0.15, -0.1) is 0 Å². The number of carbonyl (C=O) groups is 2. The maximum Gasteiger partial charge on any atom is 0.410 e. The van der Waals surface area contributed by atoms with Crippen LogP contribution in [0.3, 0.4) is 0 Å². The van der Waals surface area contributed by atoms with Gasteiger partial charge in [0.2, 0.25) is 5.91 Å². The molecular weight excluding hydrogens is 344 g/mol. The number of nitrogens with one attached hydrogen (secondary N) is 1. The second-order valence-corrected chi connectivity index (χ2v) is 6.89. The number of aryl methyl sites for hydroxylation is 2. The molecule has 3 rings (SSSR count). The van der Waals surface area contributed by atoms with Gasteiger partial charge in [0.15, 0.2) is 0 Å². The second kappa shape index (κ2) is 8.22. The van der Waals surface area contributed by atoms with E-state index in [1.165, 1.54) is 4.90 Å². The van der Waals surface area contributed by atoms with Gasteiger partial charge in [-0.05, 0) is 42.7 Å². The Morgan fingerprint density at radius 1 is 1.15 bits per heavy atom. The fourth-order valence-corrected chi connectivity index (χ4v) is 3.11. The fraction of sp³-hybridized carbons (Fsp3) is 0.333. The van der Waals surface area contributed by atoms with Gasteiger partial charge in [-0.25, -0.2) is 4.79 Å². The zero-order valence-electron chi connectivity index (χ0n) is 15.5. The van der Waals surface area contributed by atoms with Gasteiger partial charge in [0, 0.05) is 12.1 Å². The topological polar surface area (TPSA) is 78.9 Å². The molecule has 2 atom stereocenters. The van der Waals surface area contributed by atoms with Crippen molar-refractivity contribution < 1.29 is 19.4 Å². The summed E-state index contributed by atoms with van der Waals surface area (Å²) in [5.41, 5.74) is 3.73. The lowest BCUT2D eigenvalue weighted by molar-refractivity contribution is -0.120. The molecule has 6 nitrogen and oxygen atoms in total.